The normalized spacial score (nSPS) is 8.45. The third-order valence-corrected chi connectivity index (χ3v) is 0.884. The minimum absolute atomic E-state index is 0. The van der Waals surface area contributed by atoms with Crippen LogP contribution >= 0.6 is 12.4 Å². The van der Waals surface area contributed by atoms with Gasteiger partial charge in [-0.05, 0) is 6.92 Å². The number of H-pyrrole nitrogens is 1. The number of aromatic amines is 1. The third kappa shape index (κ3) is 2.55. The number of esters is 1. The van der Waals surface area contributed by atoms with Crippen LogP contribution in [0.5, 0.6) is 0 Å². The maximum Gasteiger partial charge on any atom is 0.375 e. The SMILES string of the molecule is CCOC(=O)c1ncn[nH]1.Cl. The lowest BCUT2D eigenvalue weighted by Crippen LogP contribution is -2.06. The number of hydrogen-bond acceptors (Lipinski definition) is 4. The zero-order valence-corrected chi connectivity index (χ0v) is 6.72. The van der Waals surface area contributed by atoms with Gasteiger partial charge < -0.3 is 4.74 Å². The molecule has 0 aliphatic rings. The standard InChI is InChI=1S/C5H7N3O2.ClH/c1-2-10-5(9)4-6-3-7-8-4;/h3H,2H2,1H3,(H,6,7,8);1H. The lowest BCUT2D eigenvalue weighted by Gasteiger charge is -1.94. The number of carbonyl (C=O) groups is 1. The Bertz CT molecular complexity index is 212. The first kappa shape index (κ1) is 9.90. The van der Waals surface area contributed by atoms with Crippen LogP contribution in [0.2, 0.25) is 0 Å². The first-order valence-corrected chi connectivity index (χ1v) is 2.87. The van der Waals surface area contributed by atoms with Crippen LogP contribution in [0.4, 0.5) is 0 Å². The van der Waals surface area contributed by atoms with Crippen molar-refractivity contribution in [1.29, 1.82) is 0 Å². The molecule has 1 heterocycles. The van der Waals surface area contributed by atoms with Crippen LogP contribution in [0.25, 0.3) is 0 Å². The molecule has 1 N–H and O–H groups in total. The number of carbonyl (C=O) groups excluding carboxylic acids is 1. The Balaban J connectivity index is 0.000001000. The van der Waals surface area contributed by atoms with Crippen molar-refractivity contribution < 1.29 is 9.53 Å². The Labute approximate surface area is 69.6 Å². The van der Waals surface area contributed by atoms with Gasteiger partial charge in [0.1, 0.15) is 6.33 Å². The number of nitrogens with zero attached hydrogens (tertiary/aromatic N) is 2. The fourth-order valence-electron chi connectivity index (χ4n) is 0.503. The summed E-state index contributed by atoms with van der Waals surface area (Å²) in [6.07, 6.45) is 1.26. The average Bonchev–Trinajstić information content (AvgIpc) is 2.38. The molecule has 0 aromatic carbocycles. The quantitative estimate of drug-likeness (QED) is 0.665. The average molecular weight is 178 g/mol. The van der Waals surface area contributed by atoms with Gasteiger partial charge in [-0.3, -0.25) is 5.10 Å². The largest absolute Gasteiger partial charge is 0.460 e. The van der Waals surface area contributed by atoms with Gasteiger partial charge in [-0.25, -0.2) is 9.78 Å². The lowest BCUT2D eigenvalue weighted by molar-refractivity contribution is 0.0512. The molecule has 0 aliphatic carbocycles. The lowest BCUT2D eigenvalue weighted by atomic mass is 10.6. The Kier molecular flexibility index (Phi) is 4.21. The minimum atomic E-state index is -0.472. The topological polar surface area (TPSA) is 67.9 Å². The Hall–Kier alpha value is -1.10. The summed E-state index contributed by atoms with van der Waals surface area (Å²) in [6.45, 7) is 2.08. The van der Waals surface area contributed by atoms with Crippen molar-refractivity contribution in [3.05, 3.63) is 12.2 Å². The van der Waals surface area contributed by atoms with Gasteiger partial charge in [-0.1, -0.05) is 0 Å². The fraction of sp³-hybridized carbons (Fsp3) is 0.400. The van der Waals surface area contributed by atoms with Crippen molar-refractivity contribution in [2.75, 3.05) is 6.61 Å². The number of hydrogen-bond donors (Lipinski definition) is 1. The van der Waals surface area contributed by atoms with Crippen LogP contribution in [-0.4, -0.2) is 27.8 Å². The molecule has 5 nitrogen and oxygen atoms in total. The van der Waals surface area contributed by atoms with Gasteiger partial charge >= 0.3 is 5.97 Å². The zero-order valence-electron chi connectivity index (χ0n) is 5.90. The van der Waals surface area contributed by atoms with E-state index in [1.54, 1.807) is 6.92 Å². The summed E-state index contributed by atoms with van der Waals surface area (Å²) in [5.74, 6) is -0.332. The highest BCUT2D eigenvalue weighted by Crippen LogP contribution is 1.88. The van der Waals surface area contributed by atoms with Crippen molar-refractivity contribution in [1.82, 2.24) is 15.2 Å². The Morgan fingerprint density at radius 2 is 2.55 bits per heavy atom. The van der Waals surface area contributed by atoms with Crippen LogP contribution in [0, 0.1) is 0 Å². The van der Waals surface area contributed by atoms with E-state index in [0.29, 0.717) is 6.61 Å². The molecule has 1 aromatic heterocycles. The van der Waals surface area contributed by atoms with E-state index in [4.69, 9.17) is 0 Å². The molecule has 1 rings (SSSR count). The summed E-state index contributed by atoms with van der Waals surface area (Å²) >= 11 is 0. The summed E-state index contributed by atoms with van der Waals surface area (Å²) in [6, 6.07) is 0. The van der Waals surface area contributed by atoms with Gasteiger partial charge in [0, 0.05) is 0 Å². The predicted molar refractivity (Wildman–Crippen MR) is 39.6 cm³/mol. The molecule has 0 saturated heterocycles. The number of ether oxygens (including phenoxy) is 1. The maximum absolute atomic E-state index is 10.7. The molecule has 0 radical (unpaired) electrons. The summed E-state index contributed by atoms with van der Waals surface area (Å²) in [7, 11) is 0. The van der Waals surface area contributed by atoms with E-state index in [2.05, 4.69) is 19.9 Å². The highest BCUT2D eigenvalue weighted by Gasteiger charge is 2.07. The molecule has 0 spiro atoms. The smallest absolute Gasteiger partial charge is 0.375 e. The van der Waals surface area contributed by atoms with Crippen molar-refractivity contribution in [2.24, 2.45) is 0 Å². The molecule has 62 valence electrons. The molecule has 0 amide bonds. The van der Waals surface area contributed by atoms with Crippen molar-refractivity contribution >= 4 is 18.4 Å². The van der Waals surface area contributed by atoms with E-state index in [1.165, 1.54) is 6.33 Å². The predicted octanol–water partition coefficient (Wildman–Crippen LogP) is 0.403. The second kappa shape index (κ2) is 4.68. The van der Waals surface area contributed by atoms with Crippen molar-refractivity contribution in [3.8, 4) is 0 Å². The maximum atomic E-state index is 10.7. The molecule has 0 bridgehead atoms. The van der Waals surface area contributed by atoms with Crippen LogP contribution in [0.15, 0.2) is 6.33 Å². The number of nitrogens with one attached hydrogen (secondary N) is 1. The minimum Gasteiger partial charge on any atom is -0.460 e. The van der Waals surface area contributed by atoms with Crippen molar-refractivity contribution in [2.45, 2.75) is 6.92 Å². The molecule has 11 heavy (non-hydrogen) atoms. The number of halogens is 1. The van der Waals surface area contributed by atoms with Gasteiger partial charge in [-0.2, -0.15) is 5.10 Å². The van der Waals surface area contributed by atoms with Gasteiger partial charge in [-0.15, -0.1) is 12.4 Å². The van der Waals surface area contributed by atoms with Crippen LogP contribution in [0.1, 0.15) is 17.5 Å². The molecule has 0 atom stereocenters. The summed E-state index contributed by atoms with van der Waals surface area (Å²) in [4.78, 5) is 14.3. The van der Waals surface area contributed by atoms with E-state index < -0.39 is 5.97 Å². The second-order valence-electron chi connectivity index (χ2n) is 1.55. The van der Waals surface area contributed by atoms with E-state index in [9.17, 15) is 4.79 Å². The molecular weight excluding hydrogens is 170 g/mol. The summed E-state index contributed by atoms with van der Waals surface area (Å²) in [5, 5.41) is 5.87. The third-order valence-electron chi connectivity index (χ3n) is 0.884. The molecule has 6 heteroatoms. The highest BCUT2D eigenvalue weighted by molar-refractivity contribution is 5.85. The number of rotatable bonds is 2. The molecule has 0 fully saturated rings. The van der Waals surface area contributed by atoms with E-state index in [1.807, 2.05) is 0 Å². The van der Waals surface area contributed by atoms with Gasteiger partial charge in [0.2, 0.25) is 5.82 Å². The van der Waals surface area contributed by atoms with E-state index in [0.717, 1.165) is 0 Å². The number of aromatic nitrogens is 3. The monoisotopic (exact) mass is 177 g/mol. The summed E-state index contributed by atoms with van der Waals surface area (Å²) < 4.78 is 4.61. The van der Waals surface area contributed by atoms with E-state index >= 15 is 0 Å². The Morgan fingerprint density at radius 1 is 1.82 bits per heavy atom. The molecule has 0 aliphatic heterocycles. The fourth-order valence-corrected chi connectivity index (χ4v) is 0.503. The molecule has 0 unspecified atom stereocenters. The van der Waals surface area contributed by atoms with Crippen LogP contribution in [-0.2, 0) is 4.74 Å². The second-order valence-corrected chi connectivity index (χ2v) is 1.55. The van der Waals surface area contributed by atoms with Gasteiger partial charge in [0.25, 0.3) is 0 Å². The summed E-state index contributed by atoms with van der Waals surface area (Å²) in [5.41, 5.74) is 0. The van der Waals surface area contributed by atoms with Gasteiger partial charge in [0.05, 0.1) is 6.61 Å². The molecular formula is C5H8ClN3O2. The van der Waals surface area contributed by atoms with E-state index in [-0.39, 0.29) is 18.2 Å². The zero-order chi connectivity index (χ0) is 7.40. The van der Waals surface area contributed by atoms with Crippen molar-refractivity contribution in [3.63, 3.8) is 0 Å². The molecule has 0 saturated carbocycles. The molecule has 1 aromatic rings. The van der Waals surface area contributed by atoms with Crippen LogP contribution < -0.4 is 0 Å². The first-order valence-electron chi connectivity index (χ1n) is 2.87. The van der Waals surface area contributed by atoms with Gasteiger partial charge in [0.15, 0.2) is 0 Å². The van der Waals surface area contributed by atoms with Crippen LogP contribution in [0.3, 0.4) is 0 Å². The Morgan fingerprint density at radius 3 is 3.00 bits per heavy atom. The first-order chi connectivity index (χ1) is 4.84. The highest BCUT2D eigenvalue weighted by atomic mass is 35.5.